The molecule has 0 spiro atoms. The average Bonchev–Trinajstić information content (AvgIpc) is 3.12. The number of benzene rings is 5. The third kappa shape index (κ3) is 8.75. The summed E-state index contributed by atoms with van der Waals surface area (Å²) in [4.78, 5) is 40.8. The van der Waals surface area contributed by atoms with Crippen LogP contribution in [0, 0.1) is 5.82 Å². The van der Waals surface area contributed by atoms with Crippen molar-refractivity contribution in [1.29, 1.82) is 0 Å². The maximum atomic E-state index is 14.3. The van der Waals surface area contributed by atoms with Gasteiger partial charge in [0.1, 0.15) is 30.0 Å². The van der Waals surface area contributed by atoms with E-state index < -0.39 is 22.9 Å². The molecule has 11 heteroatoms. The first-order chi connectivity index (χ1) is 23.8. The summed E-state index contributed by atoms with van der Waals surface area (Å²) in [5, 5.41) is 7.76. The molecule has 49 heavy (non-hydrogen) atoms. The van der Waals surface area contributed by atoms with Crippen molar-refractivity contribution < 1.29 is 28.2 Å². The Morgan fingerprint density at radius 2 is 1.43 bits per heavy atom. The van der Waals surface area contributed by atoms with E-state index >= 15 is 0 Å². The van der Waals surface area contributed by atoms with Crippen LogP contribution in [0.4, 0.5) is 15.8 Å². The van der Waals surface area contributed by atoms with Crippen LogP contribution in [0.25, 0.3) is 6.08 Å². The molecule has 3 amide bonds. The molecule has 0 bridgehead atoms. The number of hydrogen-bond donors (Lipinski definition) is 3. The zero-order valence-corrected chi connectivity index (χ0v) is 28.2. The number of thioether (sulfide) groups is 1. The lowest BCUT2D eigenvalue weighted by atomic mass is 10.1. The van der Waals surface area contributed by atoms with Gasteiger partial charge in [0, 0.05) is 26.8 Å². The Labute approximate surface area is 294 Å². The Morgan fingerprint density at radius 1 is 0.755 bits per heavy atom. The Balaban J connectivity index is 1.18. The fourth-order valence-corrected chi connectivity index (χ4v) is 6.19. The maximum absolute atomic E-state index is 14.3. The molecule has 0 saturated heterocycles. The van der Waals surface area contributed by atoms with Crippen molar-refractivity contribution >= 4 is 62.9 Å². The fraction of sp³-hybridized carbons (Fsp3) is 0.0789. The van der Waals surface area contributed by atoms with Crippen LogP contribution in [0.2, 0.25) is 0 Å². The monoisotopic (exact) mass is 737 g/mol. The van der Waals surface area contributed by atoms with Gasteiger partial charge >= 0.3 is 0 Å². The van der Waals surface area contributed by atoms with E-state index in [4.69, 9.17) is 9.47 Å². The van der Waals surface area contributed by atoms with Gasteiger partial charge in [-0.05, 0) is 77.9 Å². The second-order valence-corrected chi connectivity index (χ2v) is 12.9. The molecule has 3 N–H and O–H groups in total. The normalized spacial score (nSPS) is 12.8. The predicted molar refractivity (Wildman–Crippen MR) is 192 cm³/mol. The number of halogens is 2. The standard InChI is InChI=1S/C38H29BrFN3O5S/c39-26-12-10-24(11-13-26)22-32(43-36(44)30-8-4-5-9-31(30)40)37(45)41-27-14-17-29(18-15-27)49-35(25-6-2-1-3-7-25)38(46)42-28-16-19-33-34(23-28)48-21-20-47-33/h1-19,22-23,35H,20-21H2,(H,41,45)(H,42,46)(H,43,44)/b32-22+/t35-/m0/s1. The SMILES string of the molecule is O=C(Nc1ccc(S[C@H](C(=O)Nc2ccc3c(c2)OCCO3)c2ccccc2)cc1)/C(=C\c1ccc(Br)cc1)NC(=O)c1ccccc1F. The molecule has 0 radical (unpaired) electrons. The van der Waals surface area contributed by atoms with Gasteiger partial charge in [-0.3, -0.25) is 14.4 Å². The summed E-state index contributed by atoms with van der Waals surface area (Å²) in [5.74, 6) is -1.08. The number of anilines is 2. The summed E-state index contributed by atoms with van der Waals surface area (Å²) in [6, 6.07) is 34.4. The van der Waals surface area contributed by atoms with E-state index in [2.05, 4.69) is 31.9 Å². The highest BCUT2D eigenvalue weighted by molar-refractivity contribution is 9.10. The Bertz CT molecular complexity index is 2010. The number of fused-ring (bicyclic) bond motifs is 1. The van der Waals surface area contributed by atoms with E-state index in [9.17, 15) is 18.8 Å². The zero-order chi connectivity index (χ0) is 34.2. The average molecular weight is 739 g/mol. The molecule has 0 fully saturated rings. The number of carbonyl (C=O) groups is 3. The largest absolute Gasteiger partial charge is 0.486 e. The van der Waals surface area contributed by atoms with Gasteiger partial charge in [0.2, 0.25) is 5.91 Å². The quantitative estimate of drug-likeness (QED) is 0.0985. The van der Waals surface area contributed by atoms with Crippen molar-refractivity contribution in [2.24, 2.45) is 0 Å². The number of carbonyl (C=O) groups excluding carboxylic acids is 3. The Hall–Kier alpha value is -5.39. The van der Waals surface area contributed by atoms with Gasteiger partial charge < -0.3 is 25.4 Å². The summed E-state index contributed by atoms with van der Waals surface area (Å²) in [7, 11) is 0. The molecule has 5 aromatic carbocycles. The Kier molecular flexibility index (Phi) is 10.7. The molecule has 0 saturated carbocycles. The molecule has 0 aliphatic carbocycles. The molecule has 0 unspecified atom stereocenters. The van der Waals surface area contributed by atoms with Crippen LogP contribution in [-0.2, 0) is 9.59 Å². The Morgan fingerprint density at radius 3 is 2.16 bits per heavy atom. The highest BCUT2D eigenvalue weighted by Gasteiger charge is 2.24. The number of hydrogen-bond acceptors (Lipinski definition) is 6. The summed E-state index contributed by atoms with van der Waals surface area (Å²) in [6.45, 7) is 0.915. The van der Waals surface area contributed by atoms with Gasteiger partial charge in [-0.15, -0.1) is 11.8 Å². The van der Waals surface area contributed by atoms with Gasteiger partial charge in [-0.2, -0.15) is 0 Å². The molecule has 246 valence electrons. The maximum Gasteiger partial charge on any atom is 0.272 e. The minimum Gasteiger partial charge on any atom is -0.486 e. The minimum atomic E-state index is -0.759. The van der Waals surface area contributed by atoms with Crippen LogP contribution >= 0.6 is 27.7 Å². The number of rotatable bonds is 10. The summed E-state index contributed by atoms with van der Waals surface area (Å²) in [6.07, 6.45) is 1.51. The molecule has 1 atom stereocenters. The van der Waals surface area contributed by atoms with Crippen LogP contribution in [0.15, 0.2) is 136 Å². The first-order valence-corrected chi connectivity index (χ1v) is 16.9. The number of nitrogens with one attached hydrogen (secondary N) is 3. The van der Waals surface area contributed by atoms with Gasteiger partial charge in [0.15, 0.2) is 11.5 Å². The van der Waals surface area contributed by atoms with Gasteiger partial charge in [-0.25, -0.2) is 4.39 Å². The first-order valence-electron chi connectivity index (χ1n) is 15.2. The van der Waals surface area contributed by atoms with Gasteiger partial charge in [0.25, 0.3) is 11.8 Å². The van der Waals surface area contributed by atoms with Crippen molar-refractivity contribution in [3.63, 3.8) is 0 Å². The third-order valence-corrected chi connectivity index (χ3v) is 9.10. The van der Waals surface area contributed by atoms with Crippen LogP contribution in [-0.4, -0.2) is 30.9 Å². The molecular weight excluding hydrogens is 709 g/mol. The van der Waals surface area contributed by atoms with Crippen LogP contribution in [0.1, 0.15) is 26.7 Å². The lowest BCUT2D eigenvalue weighted by Crippen LogP contribution is -2.31. The topological polar surface area (TPSA) is 106 Å². The number of ether oxygens (including phenoxy) is 2. The van der Waals surface area contributed by atoms with Crippen molar-refractivity contribution in [2.45, 2.75) is 10.1 Å². The van der Waals surface area contributed by atoms with Crippen LogP contribution < -0.4 is 25.4 Å². The zero-order valence-electron chi connectivity index (χ0n) is 25.8. The summed E-state index contributed by atoms with van der Waals surface area (Å²) >= 11 is 4.74. The molecule has 1 aliphatic heterocycles. The predicted octanol–water partition coefficient (Wildman–Crippen LogP) is 8.24. The minimum absolute atomic E-state index is 0.0750. The van der Waals surface area contributed by atoms with E-state index in [0.29, 0.717) is 41.7 Å². The van der Waals surface area contributed by atoms with E-state index in [1.807, 2.05) is 30.3 Å². The second kappa shape index (κ2) is 15.7. The van der Waals surface area contributed by atoms with E-state index in [1.165, 1.54) is 36.0 Å². The smallest absolute Gasteiger partial charge is 0.272 e. The summed E-state index contributed by atoms with van der Waals surface area (Å²) < 4.78 is 26.4. The third-order valence-electron chi connectivity index (χ3n) is 7.31. The highest BCUT2D eigenvalue weighted by atomic mass is 79.9. The van der Waals surface area contributed by atoms with E-state index in [1.54, 1.807) is 72.8 Å². The molecule has 8 nitrogen and oxygen atoms in total. The van der Waals surface area contributed by atoms with Gasteiger partial charge in [-0.1, -0.05) is 70.5 Å². The highest BCUT2D eigenvalue weighted by Crippen LogP contribution is 2.38. The molecule has 5 aromatic rings. The lowest BCUT2D eigenvalue weighted by molar-refractivity contribution is -0.116. The van der Waals surface area contributed by atoms with Crippen molar-refractivity contribution in [1.82, 2.24) is 5.32 Å². The molecule has 6 rings (SSSR count). The van der Waals surface area contributed by atoms with Crippen molar-refractivity contribution in [3.8, 4) is 11.5 Å². The van der Waals surface area contributed by atoms with Crippen molar-refractivity contribution in [2.75, 3.05) is 23.8 Å². The molecule has 0 aromatic heterocycles. The molecular formula is C38H29BrFN3O5S. The van der Waals surface area contributed by atoms with E-state index in [0.717, 1.165) is 14.9 Å². The molecule has 1 aliphatic rings. The van der Waals surface area contributed by atoms with E-state index in [-0.39, 0.29) is 17.2 Å². The van der Waals surface area contributed by atoms with Crippen molar-refractivity contribution in [3.05, 3.63) is 154 Å². The summed E-state index contributed by atoms with van der Waals surface area (Å²) in [5.41, 5.74) is 2.23. The van der Waals surface area contributed by atoms with Crippen LogP contribution in [0.3, 0.4) is 0 Å². The van der Waals surface area contributed by atoms with Crippen LogP contribution in [0.5, 0.6) is 11.5 Å². The first kappa shape index (κ1) is 33.5. The fourth-order valence-electron chi connectivity index (χ4n) is 4.90. The molecule has 1 heterocycles. The van der Waals surface area contributed by atoms with Gasteiger partial charge in [0.05, 0.1) is 5.56 Å². The second-order valence-electron chi connectivity index (χ2n) is 10.8. The lowest BCUT2D eigenvalue weighted by Gasteiger charge is -2.20. The number of amides is 3.